The van der Waals surface area contributed by atoms with E-state index in [1.807, 2.05) is 0 Å². The van der Waals surface area contributed by atoms with Gasteiger partial charge in [-0.15, -0.1) is 0 Å². The lowest BCUT2D eigenvalue weighted by atomic mass is 9.69. The largest absolute Gasteiger partial charge is 0.507 e. The third kappa shape index (κ3) is 1.86. The van der Waals surface area contributed by atoms with E-state index in [-0.39, 0.29) is 29.1 Å². The zero-order valence-corrected chi connectivity index (χ0v) is 12.6. The number of benzene rings is 1. The van der Waals surface area contributed by atoms with Gasteiger partial charge in [0.05, 0.1) is 12.7 Å². The number of carbonyl (C=O) groups is 2. The van der Waals surface area contributed by atoms with Crippen LogP contribution in [0, 0.1) is 5.92 Å². The van der Waals surface area contributed by atoms with Crippen LogP contribution in [0.2, 0.25) is 0 Å². The average Bonchev–Trinajstić information content (AvgIpc) is 2.51. The standard InChI is InChI=1S/C16H16O7/c1-7-6-9(18)12-13(19)11-8(17)4-3-5-10(11)23-16(12,14(7)20)15(21)22-2/h3-5,7,14,17,19-20H,6H2,1-2H3/t7-,14+,16+/m1/s1. The average molecular weight is 320 g/mol. The minimum Gasteiger partial charge on any atom is -0.507 e. The van der Waals surface area contributed by atoms with Gasteiger partial charge in [0.1, 0.15) is 28.9 Å². The molecule has 1 aromatic rings. The van der Waals surface area contributed by atoms with Gasteiger partial charge < -0.3 is 24.8 Å². The summed E-state index contributed by atoms with van der Waals surface area (Å²) in [6.07, 6.45) is -1.45. The highest BCUT2D eigenvalue weighted by Crippen LogP contribution is 2.49. The summed E-state index contributed by atoms with van der Waals surface area (Å²) in [4.78, 5) is 24.8. The van der Waals surface area contributed by atoms with E-state index in [1.165, 1.54) is 18.2 Å². The van der Waals surface area contributed by atoms with Gasteiger partial charge in [0.15, 0.2) is 5.78 Å². The number of aliphatic hydroxyl groups is 2. The summed E-state index contributed by atoms with van der Waals surface area (Å²) in [5.74, 6) is -2.99. The summed E-state index contributed by atoms with van der Waals surface area (Å²) in [7, 11) is 1.10. The SMILES string of the molecule is COC(=O)[C@]12Oc3cccc(O)c3C(O)=C1C(=O)C[C@@H](C)[C@@H]2O. The number of ether oxygens (including phenoxy) is 2. The fourth-order valence-corrected chi connectivity index (χ4v) is 3.24. The highest BCUT2D eigenvalue weighted by molar-refractivity contribution is 6.12. The molecule has 1 aromatic carbocycles. The number of esters is 1. The minimum atomic E-state index is -2.14. The van der Waals surface area contributed by atoms with E-state index < -0.39 is 35.1 Å². The molecule has 0 radical (unpaired) electrons. The van der Waals surface area contributed by atoms with Crippen molar-refractivity contribution in [1.29, 1.82) is 0 Å². The Bertz CT molecular complexity index is 736. The van der Waals surface area contributed by atoms with E-state index in [0.29, 0.717) is 0 Å². The van der Waals surface area contributed by atoms with Gasteiger partial charge in [0.25, 0.3) is 5.60 Å². The molecule has 7 nitrogen and oxygen atoms in total. The molecule has 0 amide bonds. The normalized spacial score (nSPS) is 29.4. The molecule has 1 aliphatic carbocycles. The molecule has 1 aliphatic heterocycles. The number of methoxy groups -OCH3 is 1. The van der Waals surface area contributed by atoms with Crippen LogP contribution in [0.15, 0.2) is 23.8 Å². The van der Waals surface area contributed by atoms with E-state index >= 15 is 0 Å². The number of hydrogen-bond donors (Lipinski definition) is 3. The van der Waals surface area contributed by atoms with Crippen LogP contribution in [-0.2, 0) is 14.3 Å². The Morgan fingerprint density at radius 2 is 2.09 bits per heavy atom. The maximum absolute atomic E-state index is 12.4. The molecule has 2 aliphatic rings. The molecule has 0 spiro atoms. The molecule has 122 valence electrons. The van der Waals surface area contributed by atoms with Crippen LogP contribution in [-0.4, -0.2) is 45.9 Å². The van der Waals surface area contributed by atoms with Crippen molar-refractivity contribution in [3.8, 4) is 11.5 Å². The van der Waals surface area contributed by atoms with E-state index in [1.54, 1.807) is 6.92 Å². The van der Waals surface area contributed by atoms with Crippen molar-refractivity contribution in [2.24, 2.45) is 5.92 Å². The molecular weight excluding hydrogens is 304 g/mol. The van der Waals surface area contributed by atoms with Gasteiger partial charge in [-0.05, 0) is 18.1 Å². The summed E-state index contributed by atoms with van der Waals surface area (Å²) >= 11 is 0. The third-order valence-electron chi connectivity index (χ3n) is 4.35. The van der Waals surface area contributed by atoms with Gasteiger partial charge in [-0.2, -0.15) is 0 Å². The second-order valence-electron chi connectivity index (χ2n) is 5.75. The molecule has 23 heavy (non-hydrogen) atoms. The number of rotatable bonds is 1. The number of aliphatic hydroxyl groups excluding tert-OH is 2. The molecule has 1 saturated carbocycles. The zero-order valence-electron chi connectivity index (χ0n) is 12.6. The Morgan fingerprint density at radius 3 is 2.74 bits per heavy atom. The van der Waals surface area contributed by atoms with Crippen molar-refractivity contribution in [2.45, 2.75) is 25.0 Å². The van der Waals surface area contributed by atoms with Crippen LogP contribution in [0.25, 0.3) is 5.76 Å². The number of phenolic OH excluding ortho intramolecular Hbond substituents is 1. The Labute approximate surface area is 131 Å². The van der Waals surface area contributed by atoms with Crippen molar-refractivity contribution in [1.82, 2.24) is 0 Å². The van der Waals surface area contributed by atoms with E-state index in [2.05, 4.69) is 0 Å². The van der Waals surface area contributed by atoms with Crippen molar-refractivity contribution < 1.29 is 34.4 Å². The maximum Gasteiger partial charge on any atom is 0.358 e. The van der Waals surface area contributed by atoms with Crippen LogP contribution < -0.4 is 4.74 Å². The number of ketones is 1. The van der Waals surface area contributed by atoms with Crippen molar-refractivity contribution >= 4 is 17.5 Å². The highest BCUT2D eigenvalue weighted by atomic mass is 16.6. The number of carbonyl (C=O) groups excluding carboxylic acids is 2. The summed E-state index contributed by atoms with van der Waals surface area (Å²) in [6, 6.07) is 4.19. The zero-order chi connectivity index (χ0) is 16.9. The maximum atomic E-state index is 12.4. The van der Waals surface area contributed by atoms with E-state index in [4.69, 9.17) is 9.47 Å². The van der Waals surface area contributed by atoms with Crippen LogP contribution in [0.3, 0.4) is 0 Å². The first-order valence-corrected chi connectivity index (χ1v) is 7.09. The smallest absolute Gasteiger partial charge is 0.358 e. The molecule has 7 heteroatoms. The summed E-state index contributed by atoms with van der Waals surface area (Å²) in [5.41, 5.74) is -2.62. The molecule has 0 saturated heterocycles. The minimum absolute atomic E-state index is 0.0161. The summed E-state index contributed by atoms with van der Waals surface area (Å²) in [5, 5.41) is 31.0. The van der Waals surface area contributed by atoms with Gasteiger partial charge in [0.2, 0.25) is 0 Å². The van der Waals surface area contributed by atoms with Gasteiger partial charge in [-0.25, -0.2) is 4.79 Å². The Morgan fingerprint density at radius 1 is 1.39 bits per heavy atom. The van der Waals surface area contributed by atoms with Crippen LogP contribution in [0.1, 0.15) is 18.9 Å². The topological polar surface area (TPSA) is 113 Å². The second kappa shape index (κ2) is 4.99. The lowest BCUT2D eigenvalue weighted by Gasteiger charge is -2.45. The number of Topliss-reactive ketones (excluding diaryl/α,β-unsaturated/α-hetero) is 1. The van der Waals surface area contributed by atoms with Crippen LogP contribution in [0.5, 0.6) is 11.5 Å². The van der Waals surface area contributed by atoms with Crippen molar-refractivity contribution in [2.75, 3.05) is 7.11 Å². The van der Waals surface area contributed by atoms with Gasteiger partial charge in [-0.3, -0.25) is 4.79 Å². The quantitative estimate of drug-likeness (QED) is 0.660. The molecular formula is C16H16O7. The molecule has 1 heterocycles. The monoisotopic (exact) mass is 320 g/mol. The lowest BCUT2D eigenvalue weighted by molar-refractivity contribution is -0.173. The number of hydrogen-bond acceptors (Lipinski definition) is 7. The van der Waals surface area contributed by atoms with E-state index in [9.17, 15) is 24.9 Å². The molecule has 3 N–H and O–H groups in total. The van der Waals surface area contributed by atoms with Crippen LogP contribution in [0.4, 0.5) is 0 Å². The summed E-state index contributed by atoms with van der Waals surface area (Å²) < 4.78 is 10.4. The number of aromatic hydroxyl groups is 1. The predicted molar refractivity (Wildman–Crippen MR) is 77.8 cm³/mol. The number of phenols is 1. The van der Waals surface area contributed by atoms with Crippen molar-refractivity contribution in [3.05, 3.63) is 29.3 Å². The highest BCUT2D eigenvalue weighted by Gasteiger charge is 2.62. The first-order chi connectivity index (χ1) is 10.8. The third-order valence-corrected chi connectivity index (χ3v) is 4.35. The van der Waals surface area contributed by atoms with E-state index in [0.717, 1.165) is 7.11 Å². The van der Waals surface area contributed by atoms with Crippen LogP contribution >= 0.6 is 0 Å². The molecule has 0 aromatic heterocycles. The fraction of sp³-hybridized carbons (Fsp3) is 0.375. The molecule has 3 rings (SSSR count). The predicted octanol–water partition coefficient (Wildman–Crippen LogP) is 0.935. The first-order valence-electron chi connectivity index (χ1n) is 7.09. The molecule has 0 unspecified atom stereocenters. The molecule has 1 fully saturated rings. The van der Waals surface area contributed by atoms with Gasteiger partial charge in [0, 0.05) is 6.42 Å². The molecule has 0 bridgehead atoms. The van der Waals surface area contributed by atoms with Gasteiger partial charge in [-0.1, -0.05) is 13.0 Å². The second-order valence-corrected chi connectivity index (χ2v) is 5.75. The Balaban J connectivity index is 2.35. The fourth-order valence-electron chi connectivity index (χ4n) is 3.24. The summed E-state index contributed by atoms with van der Waals surface area (Å²) in [6.45, 7) is 1.60. The lowest BCUT2D eigenvalue weighted by Crippen LogP contribution is -2.64. The Hall–Kier alpha value is -2.54. The molecule has 3 atom stereocenters. The number of fused-ring (bicyclic) bond motifs is 2. The Kier molecular flexibility index (Phi) is 3.33. The first kappa shape index (κ1) is 15.4. The van der Waals surface area contributed by atoms with Gasteiger partial charge >= 0.3 is 5.97 Å². The van der Waals surface area contributed by atoms with Crippen molar-refractivity contribution in [3.63, 3.8) is 0 Å².